The molecular weight excluding hydrogens is 260 g/mol. The Bertz CT molecular complexity index is 642. The van der Waals surface area contributed by atoms with Crippen LogP contribution < -0.4 is 11.1 Å². The van der Waals surface area contributed by atoms with Gasteiger partial charge < -0.3 is 11.1 Å². The molecule has 2 rings (SSSR count). The van der Waals surface area contributed by atoms with Crippen LogP contribution in [0.4, 0.5) is 11.8 Å². The van der Waals surface area contributed by atoms with Crippen LogP contribution in [0.5, 0.6) is 0 Å². The molecule has 2 aromatic rings. The average molecular weight is 284 g/mol. The summed E-state index contributed by atoms with van der Waals surface area (Å²) in [6.07, 6.45) is 0. The Kier molecular flexibility index (Phi) is 4.16. The Morgan fingerprint density at radius 3 is 2.52 bits per heavy atom. The molecule has 0 aliphatic heterocycles. The van der Waals surface area contributed by atoms with Gasteiger partial charge in [-0.25, -0.2) is 4.98 Å². The monoisotopic (exact) mass is 284 g/mol. The van der Waals surface area contributed by atoms with E-state index in [1.54, 1.807) is 0 Å². The van der Waals surface area contributed by atoms with E-state index >= 15 is 0 Å². The van der Waals surface area contributed by atoms with Crippen LogP contribution in [0.15, 0.2) is 24.3 Å². The summed E-state index contributed by atoms with van der Waals surface area (Å²) >= 11 is 0. The number of nitrogens with one attached hydrogen (secondary N) is 1. The third-order valence-corrected chi connectivity index (χ3v) is 3.42. The quantitative estimate of drug-likeness (QED) is 0.899. The van der Waals surface area contributed by atoms with Crippen LogP contribution in [0.1, 0.15) is 31.9 Å². The molecule has 1 heterocycles. The Labute approximate surface area is 126 Å². The van der Waals surface area contributed by atoms with Gasteiger partial charge in [-0.2, -0.15) is 4.98 Å². The summed E-state index contributed by atoms with van der Waals surface area (Å²) in [5.74, 6) is 1.07. The van der Waals surface area contributed by atoms with Gasteiger partial charge in [0.15, 0.2) is 0 Å². The molecule has 1 aromatic carbocycles. The first kappa shape index (κ1) is 15.3. The van der Waals surface area contributed by atoms with Crippen molar-refractivity contribution in [3.8, 4) is 11.3 Å². The molecule has 112 valence electrons. The fraction of sp³-hybridized carbons (Fsp3) is 0.412. The summed E-state index contributed by atoms with van der Waals surface area (Å²) in [7, 11) is 0. The molecule has 0 spiro atoms. The second kappa shape index (κ2) is 5.72. The van der Waals surface area contributed by atoms with Gasteiger partial charge in [0.1, 0.15) is 5.82 Å². The molecule has 0 amide bonds. The second-order valence-corrected chi connectivity index (χ2v) is 6.66. The van der Waals surface area contributed by atoms with Crippen LogP contribution >= 0.6 is 0 Å². The molecule has 0 unspecified atom stereocenters. The van der Waals surface area contributed by atoms with Crippen molar-refractivity contribution in [1.29, 1.82) is 0 Å². The number of rotatable bonds is 3. The Balaban J connectivity index is 2.37. The number of hydrogen-bond donors (Lipinski definition) is 2. The fourth-order valence-corrected chi connectivity index (χ4v) is 2.08. The molecule has 0 saturated heterocycles. The van der Waals surface area contributed by atoms with Crippen LogP contribution in [0, 0.1) is 19.3 Å². The highest BCUT2D eigenvalue weighted by molar-refractivity contribution is 5.68. The zero-order valence-corrected chi connectivity index (χ0v) is 13.5. The smallest absolute Gasteiger partial charge is 0.222 e. The highest BCUT2D eigenvalue weighted by Gasteiger charge is 2.12. The summed E-state index contributed by atoms with van der Waals surface area (Å²) in [4.78, 5) is 8.65. The van der Waals surface area contributed by atoms with Crippen LogP contribution in [0.2, 0.25) is 0 Å². The number of anilines is 2. The van der Waals surface area contributed by atoms with Gasteiger partial charge in [0.05, 0.1) is 5.69 Å². The van der Waals surface area contributed by atoms with Crippen molar-refractivity contribution in [2.24, 2.45) is 5.41 Å². The minimum absolute atomic E-state index is 0.180. The van der Waals surface area contributed by atoms with E-state index in [0.717, 1.165) is 23.6 Å². The zero-order chi connectivity index (χ0) is 15.6. The predicted molar refractivity (Wildman–Crippen MR) is 89.3 cm³/mol. The van der Waals surface area contributed by atoms with Gasteiger partial charge in [-0.3, -0.25) is 0 Å². The fourth-order valence-electron chi connectivity index (χ4n) is 2.08. The summed E-state index contributed by atoms with van der Waals surface area (Å²) in [6.45, 7) is 11.6. The molecule has 0 saturated carbocycles. The first-order valence-electron chi connectivity index (χ1n) is 7.21. The van der Waals surface area contributed by atoms with E-state index in [0.29, 0.717) is 5.95 Å². The minimum Gasteiger partial charge on any atom is -0.369 e. The summed E-state index contributed by atoms with van der Waals surface area (Å²) in [5, 5.41) is 3.34. The van der Waals surface area contributed by atoms with Crippen molar-refractivity contribution in [3.05, 3.63) is 35.4 Å². The molecule has 1 aromatic heterocycles. The minimum atomic E-state index is 0.180. The lowest BCUT2D eigenvalue weighted by molar-refractivity contribution is 0.442. The third kappa shape index (κ3) is 3.94. The molecule has 4 nitrogen and oxygen atoms in total. The summed E-state index contributed by atoms with van der Waals surface area (Å²) < 4.78 is 0. The molecule has 0 fully saturated rings. The molecule has 0 atom stereocenters. The average Bonchev–Trinajstić information content (AvgIpc) is 2.38. The molecule has 3 N–H and O–H groups in total. The molecule has 0 aliphatic rings. The van der Waals surface area contributed by atoms with E-state index in [2.05, 4.69) is 62.0 Å². The van der Waals surface area contributed by atoms with Gasteiger partial charge in [0, 0.05) is 18.2 Å². The molecule has 4 heteroatoms. The van der Waals surface area contributed by atoms with Crippen LogP contribution in [0.3, 0.4) is 0 Å². The molecule has 0 bridgehead atoms. The Hall–Kier alpha value is -2.10. The lowest BCUT2D eigenvalue weighted by Crippen LogP contribution is -2.20. The van der Waals surface area contributed by atoms with Crippen molar-refractivity contribution < 1.29 is 0 Å². The lowest BCUT2D eigenvalue weighted by atomic mass is 9.97. The normalized spacial score (nSPS) is 11.5. The maximum absolute atomic E-state index is 5.86. The number of hydrogen-bond acceptors (Lipinski definition) is 4. The standard InChI is InChI=1S/C17H24N4/c1-11-7-6-8-13(12(11)2)14-9-15(21-16(18)20-14)19-10-17(3,4)5/h6-9H,10H2,1-5H3,(H3,18,19,20,21). The SMILES string of the molecule is Cc1cccc(-c2cc(NCC(C)(C)C)nc(N)n2)c1C. The first-order chi connectivity index (χ1) is 9.76. The summed E-state index contributed by atoms with van der Waals surface area (Å²) in [6, 6.07) is 8.17. The number of nitrogens with zero attached hydrogens (tertiary/aromatic N) is 2. The van der Waals surface area contributed by atoms with Gasteiger partial charge in [0.25, 0.3) is 0 Å². The number of aryl methyl sites for hydroxylation is 1. The molecule has 0 radical (unpaired) electrons. The number of benzene rings is 1. The van der Waals surface area contributed by atoms with Crippen molar-refractivity contribution in [2.45, 2.75) is 34.6 Å². The number of nitrogens with two attached hydrogens (primary N) is 1. The van der Waals surface area contributed by atoms with E-state index in [-0.39, 0.29) is 5.41 Å². The van der Waals surface area contributed by atoms with E-state index in [9.17, 15) is 0 Å². The third-order valence-electron chi connectivity index (χ3n) is 3.42. The lowest BCUT2D eigenvalue weighted by Gasteiger charge is -2.19. The highest BCUT2D eigenvalue weighted by Crippen LogP contribution is 2.26. The summed E-state index contributed by atoms with van der Waals surface area (Å²) in [5.41, 5.74) is 10.5. The number of nitrogen functional groups attached to an aromatic ring is 1. The maximum atomic E-state index is 5.86. The van der Waals surface area contributed by atoms with Crippen LogP contribution in [-0.2, 0) is 0 Å². The van der Waals surface area contributed by atoms with Crippen molar-refractivity contribution >= 4 is 11.8 Å². The van der Waals surface area contributed by atoms with Gasteiger partial charge in [-0.1, -0.05) is 39.0 Å². The molecule has 0 aliphatic carbocycles. The number of aromatic nitrogens is 2. The van der Waals surface area contributed by atoms with Gasteiger partial charge in [0.2, 0.25) is 5.95 Å². The van der Waals surface area contributed by atoms with Crippen molar-refractivity contribution in [1.82, 2.24) is 9.97 Å². The molecular formula is C17H24N4. The topological polar surface area (TPSA) is 63.8 Å². The maximum Gasteiger partial charge on any atom is 0.222 e. The Morgan fingerprint density at radius 2 is 1.86 bits per heavy atom. The van der Waals surface area contributed by atoms with E-state index in [1.807, 2.05) is 12.1 Å². The Morgan fingerprint density at radius 1 is 1.14 bits per heavy atom. The van der Waals surface area contributed by atoms with Crippen molar-refractivity contribution in [3.63, 3.8) is 0 Å². The zero-order valence-electron chi connectivity index (χ0n) is 13.5. The predicted octanol–water partition coefficient (Wildman–Crippen LogP) is 3.80. The second-order valence-electron chi connectivity index (χ2n) is 6.66. The van der Waals surface area contributed by atoms with Gasteiger partial charge in [-0.15, -0.1) is 0 Å². The van der Waals surface area contributed by atoms with Crippen LogP contribution in [0.25, 0.3) is 11.3 Å². The van der Waals surface area contributed by atoms with Crippen LogP contribution in [-0.4, -0.2) is 16.5 Å². The van der Waals surface area contributed by atoms with E-state index in [1.165, 1.54) is 11.1 Å². The molecule has 21 heavy (non-hydrogen) atoms. The van der Waals surface area contributed by atoms with E-state index in [4.69, 9.17) is 5.73 Å². The van der Waals surface area contributed by atoms with E-state index < -0.39 is 0 Å². The highest BCUT2D eigenvalue weighted by atomic mass is 15.1. The van der Waals surface area contributed by atoms with Crippen molar-refractivity contribution in [2.75, 3.05) is 17.6 Å². The van der Waals surface area contributed by atoms with Gasteiger partial charge in [-0.05, 0) is 30.4 Å². The first-order valence-corrected chi connectivity index (χ1v) is 7.21. The largest absolute Gasteiger partial charge is 0.369 e. The van der Waals surface area contributed by atoms with Gasteiger partial charge >= 0.3 is 0 Å².